The van der Waals surface area contributed by atoms with Crippen LogP contribution < -0.4 is 0 Å². The van der Waals surface area contributed by atoms with E-state index >= 15 is 0 Å². The zero-order valence-corrected chi connectivity index (χ0v) is 9.86. The van der Waals surface area contributed by atoms with Crippen molar-refractivity contribution in [2.45, 2.75) is 43.8 Å². The molecule has 1 saturated carbocycles. The first-order valence-electron chi connectivity index (χ1n) is 5.96. The van der Waals surface area contributed by atoms with Gasteiger partial charge in [-0.3, -0.25) is 0 Å². The van der Waals surface area contributed by atoms with Crippen LogP contribution in [0.1, 0.15) is 43.9 Å². The van der Waals surface area contributed by atoms with Crippen molar-refractivity contribution in [3.63, 3.8) is 0 Å². The summed E-state index contributed by atoms with van der Waals surface area (Å²) in [5, 5.41) is 9.47. The summed E-state index contributed by atoms with van der Waals surface area (Å²) in [5.41, 5.74) is 2.77. The molecule has 2 bridgehead atoms. The minimum atomic E-state index is -0.377. The maximum absolute atomic E-state index is 9.47. The number of hydrogen-bond donors (Lipinski definition) is 1. The topological polar surface area (TPSA) is 29.5 Å². The first-order chi connectivity index (χ1) is 7.53. The SMILES string of the molecule is CC(O)c1ccc(C23COC(C)(C2)C3)cc1. The van der Waals surface area contributed by atoms with Gasteiger partial charge in [-0.25, -0.2) is 0 Å². The van der Waals surface area contributed by atoms with Crippen LogP contribution in [0.15, 0.2) is 24.3 Å². The van der Waals surface area contributed by atoms with Crippen LogP contribution in [0.2, 0.25) is 0 Å². The van der Waals surface area contributed by atoms with Gasteiger partial charge in [0.2, 0.25) is 0 Å². The van der Waals surface area contributed by atoms with Gasteiger partial charge < -0.3 is 9.84 Å². The van der Waals surface area contributed by atoms with Gasteiger partial charge >= 0.3 is 0 Å². The van der Waals surface area contributed by atoms with Crippen molar-refractivity contribution < 1.29 is 9.84 Å². The minimum absolute atomic E-state index is 0.142. The van der Waals surface area contributed by atoms with Crippen LogP contribution in [0.5, 0.6) is 0 Å². The fourth-order valence-corrected chi connectivity index (χ4v) is 3.30. The fourth-order valence-electron chi connectivity index (χ4n) is 3.30. The van der Waals surface area contributed by atoms with Crippen LogP contribution in [0, 0.1) is 0 Å². The van der Waals surface area contributed by atoms with Gasteiger partial charge in [0, 0.05) is 5.41 Å². The molecule has 3 fully saturated rings. The highest BCUT2D eigenvalue weighted by molar-refractivity contribution is 5.36. The second-order valence-corrected chi connectivity index (χ2v) is 5.67. The van der Waals surface area contributed by atoms with Crippen molar-refractivity contribution in [1.29, 1.82) is 0 Å². The molecule has 4 rings (SSSR count). The standard InChI is InChI=1S/C14H18O2/c1-10(15)11-3-5-12(6-4-11)14-7-13(2,8-14)16-9-14/h3-6,10,15H,7-9H2,1-2H3. The lowest BCUT2D eigenvalue weighted by atomic mass is 9.60. The second-order valence-electron chi connectivity index (χ2n) is 5.67. The Balaban J connectivity index is 1.86. The maximum Gasteiger partial charge on any atom is 0.0761 e. The molecule has 0 amide bonds. The van der Waals surface area contributed by atoms with E-state index in [1.807, 2.05) is 12.1 Å². The van der Waals surface area contributed by atoms with Crippen LogP contribution in [-0.4, -0.2) is 17.3 Å². The van der Waals surface area contributed by atoms with E-state index in [-0.39, 0.29) is 17.1 Å². The Hall–Kier alpha value is -0.860. The molecule has 3 aliphatic rings. The van der Waals surface area contributed by atoms with E-state index in [0.717, 1.165) is 25.0 Å². The number of fused-ring (bicyclic) bond motifs is 1. The van der Waals surface area contributed by atoms with Crippen LogP contribution in [0.25, 0.3) is 0 Å². The van der Waals surface area contributed by atoms with Crippen LogP contribution in [0.3, 0.4) is 0 Å². The summed E-state index contributed by atoms with van der Waals surface area (Å²) >= 11 is 0. The molecule has 16 heavy (non-hydrogen) atoms. The summed E-state index contributed by atoms with van der Waals surface area (Å²) < 4.78 is 5.80. The number of aliphatic hydroxyl groups is 1. The van der Waals surface area contributed by atoms with Gasteiger partial charge in [0.25, 0.3) is 0 Å². The van der Waals surface area contributed by atoms with E-state index < -0.39 is 0 Å². The molecule has 1 N–H and O–H groups in total. The van der Waals surface area contributed by atoms with Gasteiger partial charge in [0.05, 0.1) is 18.3 Å². The lowest BCUT2D eigenvalue weighted by Crippen LogP contribution is -2.44. The molecule has 2 nitrogen and oxygen atoms in total. The highest BCUT2D eigenvalue weighted by atomic mass is 16.5. The Morgan fingerprint density at radius 2 is 1.88 bits per heavy atom. The van der Waals surface area contributed by atoms with E-state index in [4.69, 9.17) is 4.74 Å². The number of aliphatic hydroxyl groups excluding tert-OH is 1. The summed E-state index contributed by atoms with van der Waals surface area (Å²) in [6.45, 7) is 4.85. The monoisotopic (exact) mass is 218 g/mol. The molecule has 1 aromatic carbocycles. The van der Waals surface area contributed by atoms with Gasteiger partial charge in [-0.05, 0) is 37.8 Å². The predicted octanol–water partition coefficient (Wildman–Crippen LogP) is 2.56. The van der Waals surface area contributed by atoms with Crippen molar-refractivity contribution >= 4 is 0 Å². The minimum Gasteiger partial charge on any atom is -0.389 e. The Kier molecular flexibility index (Phi) is 1.99. The maximum atomic E-state index is 9.47. The Morgan fingerprint density at radius 3 is 2.31 bits per heavy atom. The Labute approximate surface area is 96.2 Å². The van der Waals surface area contributed by atoms with Crippen LogP contribution in [0.4, 0.5) is 0 Å². The van der Waals surface area contributed by atoms with E-state index in [9.17, 15) is 5.11 Å². The Bertz CT molecular complexity index is 399. The predicted molar refractivity (Wildman–Crippen MR) is 62.3 cm³/mol. The van der Waals surface area contributed by atoms with Gasteiger partial charge in [0.1, 0.15) is 0 Å². The van der Waals surface area contributed by atoms with E-state index in [1.165, 1.54) is 5.56 Å². The Morgan fingerprint density at radius 1 is 1.25 bits per heavy atom. The molecule has 1 aromatic rings. The quantitative estimate of drug-likeness (QED) is 0.826. The molecule has 2 heterocycles. The molecular formula is C14H18O2. The summed E-state index contributed by atoms with van der Waals surface area (Å²) in [4.78, 5) is 0. The number of rotatable bonds is 2. The average molecular weight is 218 g/mol. The highest BCUT2D eigenvalue weighted by Crippen LogP contribution is 2.58. The molecule has 0 spiro atoms. The molecule has 2 aliphatic heterocycles. The van der Waals surface area contributed by atoms with E-state index in [1.54, 1.807) is 6.92 Å². The summed E-state index contributed by atoms with van der Waals surface area (Å²) in [5.74, 6) is 0. The normalized spacial score (nSPS) is 38.2. The summed E-state index contributed by atoms with van der Waals surface area (Å²) in [6.07, 6.45) is 1.92. The largest absolute Gasteiger partial charge is 0.389 e. The summed E-state index contributed by atoms with van der Waals surface area (Å²) in [6, 6.07) is 8.36. The molecule has 2 saturated heterocycles. The van der Waals surface area contributed by atoms with Crippen molar-refractivity contribution in [3.05, 3.63) is 35.4 Å². The zero-order chi connectivity index (χ0) is 11.4. The first-order valence-corrected chi connectivity index (χ1v) is 5.96. The molecule has 86 valence electrons. The third-order valence-electron chi connectivity index (χ3n) is 4.13. The van der Waals surface area contributed by atoms with Gasteiger partial charge in [0.15, 0.2) is 0 Å². The van der Waals surface area contributed by atoms with Crippen molar-refractivity contribution in [2.24, 2.45) is 0 Å². The molecular weight excluding hydrogens is 200 g/mol. The number of hydrogen-bond acceptors (Lipinski definition) is 2. The summed E-state index contributed by atoms with van der Waals surface area (Å²) in [7, 11) is 0. The molecule has 1 atom stereocenters. The number of benzene rings is 1. The number of ether oxygens (including phenoxy) is 1. The van der Waals surface area contributed by atoms with Crippen molar-refractivity contribution in [1.82, 2.24) is 0 Å². The smallest absolute Gasteiger partial charge is 0.0761 e. The lowest BCUT2D eigenvalue weighted by Gasteiger charge is -2.42. The second kappa shape index (κ2) is 3.08. The molecule has 1 aliphatic carbocycles. The van der Waals surface area contributed by atoms with Crippen molar-refractivity contribution in [3.8, 4) is 0 Å². The third-order valence-corrected chi connectivity index (χ3v) is 4.13. The zero-order valence-electron chi connectivity index (χ0n) is 9.86. The first kappa shape index (κ1) is 10.3. The molecule has 0 aromatic heterocycles. The fraction of sp³-hybridized carbons (Fsp3) is 0.571. The van der Waals surface area contributed by atoms with E-state index in [2.05, 4.69) is 19.1 Å². The van der Waals surface area contributed by atoms with Crippen LogP contribution >= 0.6 is 0 Å². The molecule has 0 radical (unpaired) electrons. The van der Waals surface area contributed by atoms with E-state index in [0.29, 0.717) is 0 Å². The third kappa shape index (κ3) is 1.33. The van der Waals surface area contributed by atoms with Gasteiger partial charge in [-0.1, -0.05) is 24.3 Å². The molecule has 2 heteroatoms. The van der Waals surface area contributed by atoms with Crippen molar-refractivity contribution in [2.75, 3.05) is 6.61 Å². The van der Waals surface area contributed by atoms with Gasteiger partial charge in [-0.2, -0.15) is 0 Å². The average Bonchev–Trinajstić information content (AvgIpc) is 2.72. The van der Waals surface area contributed by atoms with Crippen LogP contribution in [-0.2, 0) is 10.2 Å². The highest BCUT2D eigenvalue weighted by Gasteiger charge is 2.60. The molecule has 1 unspecified atom stereocenters. The van der Waals surface area contributed by atoms with Gasteiger partial charge in [-0.15, -0.1) is 0 Å². The lowest BCUT2D eigenvalue weighted by molar-refractivity contribution is 0.0158.